The Balaban J connectivity index is 1.80. The van der Waals surface area contributed by atoms with E-state index in [1.165, 1.54) is 0 Å². The van der Waals surface area contributed by atoms with Crippen LogP contribution in [-0.4, -0.2) is 55.3 Å². The number of carbonyl (C=O) groups is 1. The molecule has 1 heterocycles. The van der Waals surface area contributed by atoms with Gasteiger partial charge in [0, 0.05) is 25.2 Å². The van der Waals surface area contributed by atoms with Gasteiger partial charge in [-0.15, -0.1) is 0 Å². The van der Waals surface area contributed by atoms with Crippen LogP contribution in [0.4, 0.5) is 4.48 Å². The van der Waals surface area contributed by atoms with Gasteiger partial charge in [0.25, 0.3) is 5.91 Å². The summed E-state index contributed by atoms with van der Waals surface area (Å²) in [4.78, 5) is 13.8. The van der Waals surface area contributed by atoms with Crippen LogP contribution in [0.5, 0.6) is 0 Å². The van der Waals surface area contributed by atoms with Gasteiger partial charge in [-0.3, -0.25) is 9.69 Å². The molecule has 0 atom stereocenters. The average Bonchev–Trinajstić information content (AvgIpc) is 2.46. The molecular weight excluding hydrogens is 235 g/mol. The third kappa shape index (κ3) is 3.51. The number of rotatable bonds is 4. The van der Waals surface area contributed by atoms with Crippen LogP contribution in [0.2, 0.25) is 0 Å². The minimum absolute atomic E-state index is 0.0910. The van der Waals surface area contributed by atoms with E-state index in [2.05, 4.69) is 4.90 Å². The smallest absolute Gasteiger partial charge is 0.281 e. The average molecular weight is 252 g/mol. The molecule has 1 aromatic rings. The van der Waals surface area contributed by atoms with E-state index < -0.39 is 5.91 Å². The van der Waals surface area contributed by atoms with Gasteiger partial charge in [-0.05, 0) is 12.1 Å². The molecule has 5 heteroatoms. The molecule has 0 aliphatic carbocycles. The maximum Gasteiger partial charge on any atom is 0.281 e. The number of morpholine rings is 1. The summed E-state index contributed by atoms with van der Waals surface area (Å²) in [5.74, 6) is -0.580. The number of ether oxygens (including phenoxy) is 1. The predicted octanol–water partition coefficient (Wildman–Crippen LogP) is 1.35. The number of hydrogen-bond donors (Lipinski definition) is 0. The van der Waals surface area contributed by atoms with Gasteiger partial charge in [-0.2, -0.15) is 5.12 Å². The lowest BCUT2D eigenvalue weighted by Crippen LogP contribution is -2.41. The topological polar surface area (TPSA) is 32.8 Å². The first kappa shape index (κ1) is 13.0. The van der Waals surface area contributed by atoms with E-state index in [9.17, 15) is 9.28 Å². The fourth-order valence-corrected chi connectivity index (χ4v) is 1.88. The molecule has 2 rings (SSSR count). The number of amides is 1. The zero-order valence-electron chi connectivity index (χ0n) is 10.2. The number of carbonyl (C=O) groups excluding carboxylic acids is 1. The molecule has 1 saturated heterocycles. The standard InChI is InChI=1S/C13H17FN2O2/c14-16(7-6-15-8-10-18-11-9-15)13(17)12-4-2-1-3-5-12/h1-5H,6-11H2. The molecule has 0 aromatic heterocycles. The largest absolute Gasteiger partial charge is 0.379 e. The molecule has 1 aromatic carbocycles. The van der Waals surface area contributed by atoms with Gasteiger partial charge < -0.3 is 4.74 Å². The van der Waals surface area contributed by atoms with Gasteiger partial charge in [-0.25, -0.2) is 0 Å². The molecule has 0 bridgehead atoms. The summed E-state index contributed by atoms with van der Waals surface area (Å²) in [5, 5.41) is 0.283. The van der Waals surface area contributed by atoms with E-state index in [1.54, 1.807) is 30.3 Å². The number of halogens is 1. The van der Waals surface area contributed by atoms with Crippen LogP contribution < -0.4 is 0 Å². The van der Waals surface area contributed by atoms with E-state index in [0.29, 0.717) is 25.3 Å². The van der Waals surface area contributed by atoms with Gasteiger partial charge in [-0.1, -0.05) is 22.7 Å². The monoisotopic (exact) mass is 252 g/mol. The van der Waals surface area contributed by atoms with Crippen LogP contribution in [0.15, 0.2) is 30.3 Å². The molecule has 1 fully saturated rings. The zero-order valence-corrected chi connectivity index (χ0v) is 10.2. The summed E-state index contributed by atoms with van der Waals surface area (Å²) in [7, 11) is 0. The van der Waals surface area contributed by atoms with E-state index in [1.807, 2.05) is 0 Å². The lowest BCUT2D eigenvalue weighted by atomic mass is 10.2. The lowest BCUT2D eigenvalue weighted by Gasteiger charge is -2.27. The van der Waals surface area contributed by atoms with Crippen LogP contribution in [0.1, 0.15) is 10.4 Å². The number of nitrogens with zero attached hydrogens (tertiary/aromatic N) is 2. The maximum absolute atomic E-state index is 13.7. The summed E-state index contributed by atoms with van der Waals surface area (Å²) < 4.78 is 18.9. The molecule has 1 aliphatic rings. The fraction of sp³-hybridized carbons (Fsp3) is 0.462. The second-order valence-electron chi connectivity index (χ2n) is 4.21. The van der Waals surface area contributed by atoms with Crippen molar-refractivity contribution >= 4 is 5.91 Å². The Morgan fingerprint density at radius 1 is 1.28 bits per heavy atom. The lowest BCUT2D eigenvalue weighted by molar-refractivity contribution is 0.000131. The minimum atomic E-state index is -0.580. The number of hydrogen-bond acceptors (Lipinski definition) is 3. The Hall–Kier alpha value is -1.46. The van der Waals surface area contributed by atoms with Crippen LogP contribution >= 0.6 is 0 Å². The van der Waals surface area contributed by atoms with Crippen molar-refractivity contribution in [3.63, 3.8) is 0 Å². The SMILES string of the molecule is O=C(c1ccccc1)N(F)CCN1CCOCC1. The summed E-state index contributed by atoms with van der Waals surface area (Å²) >= 11 is 0. The van der Waals surface area contributed by atoms with Crippen molar-refractivity contribution in [1.82, 2.24) is 10.0 Å². The van der Waals surface area contributed by atoms with E-state index in [4.69, 9.17) is 4.74 Å². The quantitative estimate of drug-likeness (QED) is 0.758. The highest BCUT2D eigenvalue weighted by Crippen LogP contribution is 2.06. The Bertz CT molecular complexity index is 380. The molecule has 1 amide bonds. The third-order valence-electron chi connectivity index (χ3n) is 2.96. The Morgan fingerprint density at radius 2 is 1.94 bits per heavy atom. The molecule has 4 nitrogen and oxygen atoms in total. The molecule has 18 heavy (non-hydrogen) atoms. The Labute approximate surface area is 106 Å². The maximum atomic E-state index is 13.7. The van der Waals surface area contributed by atoms with Gasteiger partial charge in [0.2, 0.25) is 0 Å². The zero-order chi connectivity index (χ0) is 12.8. The fourth-order valence-electron chi connectivity index (χ4n) is 1.88. The third-order valence-corrected chi connectivity index (χ3v) is 2.96. The highest BCUT2D eigenvalue weighted by Gasteiger charge is 2.17. The molecule has 0 N–H and O–H groups in total. The summed E-state index contributed by atoms with van der Waals surface area (Å²) in [5.41, 5.74) is 0.377. The first-order valence-corrected chi connectivity index (χ1v) is 6.10. The highest BCUT2D eigenvalue weighted by molar-refractivity contribution is 5.93. The normalized spacial score (nSPS) is 16.5. The van der Waals surface area contributed by atoms with Gasteiger partial charge >= 0.3 is 0 Å². The summed E-state index contributed by atoms with van der Waals surface area (Å²) in [6.07, 6.45) is 0. The molecule has 0 unspecified atom stereocenters. The number of benzene rings is 1. The van der Waals surface area contributed by atoms with E-state index >= 15 is 0 Å². The first-order chi connectivity index (χ1) is 8.77. The molecule has 0 radical (unpaired) electrons. The van der Waals surface area contributed by atoms with Crippen LogP contribution in [0.25, 0.3) is 0 Å². The van der Waals surface area contributed by atoms with Crippen molar-refractivity contribution in [2.24, 2.45) is 0 Å². The minimum Gasteiger partial charge on any atom is -0.379 e. The van der Waals surface area contributed by atoms with Crippen LogP contribution in [0.3, 0.4) is 0 Å². The van der Waals surface area contributed by atoms with Crippen molar-refractivity contribution in [2.45, 2.75) is 0 Å². The van der Waals surface area contributed by atoms with Gasteiger partial charge in [0.15, 0.2) is 0 Å². The second kappa shape index (κ2) is 6.47. The summed E-state index contributed by atoms with van der Waals surface area (Å²) in [6.45, 7) is 3.59. The first-order valence-electron chi connectivity index (χ1n) is 6.10. The van der Waals surface area contributed by atoms with Crippen molar-refractivity contribution in [2.75, 3.05) is 39.4 Å². The Morgan fingerprint density at radius 3 is 2.61 bits per heavy atom. The van der Waals surface area contributed by atoms with Crippen LogP contribution in [0, 0.1) is 0 Å². The molecule has 0 saturated carbocycles. The second-order valence-corrected chi connectivity index (χ2v) is 4.21. The molecule has 0 spiro atoms. The van der Waals surface area contributed by atoms with Crippen molar-refractivity contribution < 1.29 is 14.0 Å². The molecular formula is C13H17FN2O2. The summed E-state index contributed by atoms with van der Waals surface area (Å²) in [6, 6.07) is 8.48. The van der Waals surface area contributed by atoms with Crippen molar-refractivity contribution in [1.29, 1.82) is 0 Å². The van der Waals surface area contributed by atoms with Crippen molar-refractivity contribution in [3.8, 4) is 0 Å². The Kier molecular flexibility index (Phi) is 4.66. The van der Waals surface area contributed by atoms with Gasteiger partial charge in [0.1, 0.15) is 0 Å². The van der Waals surface area contributed by atoms with E-state index in [0.717, 1.165) is 13.1 Å². The van der Waals surface area contributed by atoms with Gasteiger partial charge in [0.05, 0.1) is 19.8 Å². The van der Waals surface area contributed by atoms with Crippen LogP contribution in [-0.2, 0) is 4.74 Å². The van der Waals surface area contributed by atoms with Crippen molar-refractivity contribution in [3.05, 3.63) is 35.9 Å². The van der Waals surface area contributed by atoms with E-state index in [-0.39, 0.29) is 11.7 Å². The highest BCUT2D eigenvalue weighted by atomic mass is 19.2. The predicted molar refractivity (Wildman–Crippen MR) is 65.8 cm³/mol. The molecule has 98 valence electrons. The molecule has 1 aliphatic heterocycles.